The number of halogens is 1. The van der Waals surface area contributed by atoms with Crippen LogP contribution in [0, 0.1) is 0 Å². The van der Waals surface area contributed by atoms with Crippen LogP contribution in [0.1, 0.15) is 28.6 Å². The highest BCUT2D eigenvalue weighted by atomic mass is 35.5. The minimum Gasteiger partial charge on any atom is -0.503 e. The van der Waals surface area contributed by atoms with E-state index in [1.165, 1.54) is 25.2 Å². The Morgan fingerprint density at radius 3 is 2.54 bits per heavy atom. The third-order valence-electron chi connectivity index (χ3n) is 5.98. The second kappa shape index (κ2) is 10.0. The van der Waals surface area contributed by atoms with Crippen molar-refractivity contribution in [2.24, 2.45) is 0 Å². The van der Waals surface area contributed by atoms with E-state index in [1.807, 2.05) is 19.0 Å². The maximum atomic E-state index is 13.8. The Balaban J connectivity index is 1.81. The fraction of sp³-hybridized carbons (Fsp3) is 0.308. The number of carbonyl (C=O) groups excluding carboxylic acids is 2. The standard InChI is InChI=1S/C26H27ClN2O6/c1-28(2)10-7-11-29-22(17-8-5-6-9-18(17)33-3)21(24(31)26(29)32)23(30)19-13-15-12-16(27)14-20(34-4)25(15)35-19/h5-6,8-9,12-14,22,31H,7,10-11H2,1-4H3. The van der Waals surface area contributed by atoms with Crippen LogP contribution in [0.25, 0.3) is 11.0 Å². The molecule has 35 heavy (non-hydrogen) atoms. The van der Waals surface area contributed by atoms with E-state index in [9.17, 15) is 14.7 Å². The number of Topliss-reactive ketones (excluding diaryl/α,β-unsaturated/α-hetero) is 1. The molecule has 9 heteroatoms. The number of fused-ring (bicyclic) bond motifs is 1. The summed E-state index contributed by atoms with van der Waals surface area (Å²) in [5.74, 6) is -0.970. The number of aliphatic hydroxyl groups excluding tert-OH is 1. The van der Waals surface area contributed by atoms with Gasteiger partial charge in [0, 0.05) is 28.6 Å². The van der Waals surface area contributed by atoms with Gasteiger partial charge in [0.15, 0.2) is 22.9 Å². The quantitative estimate of drug-likeness (QED) is 0.430. The van der Waals surface area contributed by atoms with Gasteiger partial charge in [-0.3, -0.25) is 9.59 Å². The number of furan rings is 1. The average molecular weight is 499 g/mol. The van der Waals surface area contributed by atoms with Crippen LogP contribution in [0.15, 0.2) is 58.2 Å². The zero-order valence-electron chi connectivity index (χ0n) is 20.0. The molecule has 2 heterocycles. The van der Waals surface area contributed by atoms with Gasteiger partial charge >= 0.3 is 0 Å². The molecule has 1 unspecified atom stereocenters. The highest BCUT2D eigenvalue weighted by molar-refractivity contribution is 6.31. The Kier molecular flexibility index (Phi) is 7.05. The molecule has 1 aromatic heterocycles. The van der Waals surface area contributed by atoms with E-state index in [0.29, 0.717) is 46.0 Å². The van der Waals surface area contributed by atoms with E-state index in [4.69, 9.17) is 25.5 Å². The number of amides is 1. The molecular weight excluding hydrogens is 472 g/mol. The number of hydrogen-bond donors (Lipinski definition) is 1. The monoisotopic (exact) mass is 498 g/mol. The number of nitrogens with zero attached hydrogens (tertiary/aromatic N) is 2. The zero-order valence-corrected chi connectivity index (χ0v) is 20.8. The molecule has 1 atom stereocenters. The maximum Gasteiger partial charge on any atom is 0.290 e. The number of aliphatic hydroxyl groups is 1. The molecule has 1 aliphatic rings. The summed E-state index contributed by atoms with van der Waals surface area (Å²) in [5.41, 5.74) is 0.882. The van der Waals surface area contributed by atoms with Crippen molar-refractivity contribution in [2.75, 3.05) is 41.4 Å². The van der Waals surface area contributed by atoms with Crippen molar-refractivity contribution in [3.8, 4) is 11.5 Å². The van der Waals surface area contributed by atoms with Gasteiger partial charge in [0.1, 0.15) is 5.75 Å². The number of hydrogen-bond acceptors (Lipinski definition) is 7. The lowest BCUT2D eigenvalue weighted by Crippen LogP contribution is -2.33. The average Bonchev–Trinajstić information content (AvgIpc) is 3.37. The lowest BCUT2D eigenvalue weighted by atomic mass is 9.94. The van der Waals surface area contributed by atoms with E-state index < -0.39 is 23.5 Å². The lowest BCUT2D eigenvalue weighted by Gasteiger charge is -2.28. The molecule has 0 saturated carbocycles. The van der Waals surface area contributed by atoms with Crippen molar-refractivity contribution in [3.05, 3.63) is 70.1 Å². The highest BCUT2D eigenvalue weighted by Gasteiger charge is 2.45. The molecule has 3 aromatic rings. The molecule has 0 fully saturated rings. The van der Waals surface area contributed by atoms with Gasteiger partial charge in [0.05, 0.1) is 25.8 Å². The van der Waals surface area contributed by atoms with E-state index in [0.717, 1.165) is 6.54 Å². The van der Waals surface area contributed by atoms with Gasteiger partial charge in [-0.25, -0.2) is 0 Å². The largest absolute Gasteiger partial charge is 0.503 e. The molecule has 0 radical (unpaired) electrons. The van der Waals surface area contributed by atoms with Gasteiger partial charge < -0.3 is 28.8 Å². The Morgan fingerprint density at radius 1 is 1.14 bits per heavy atom. The van der Waals surface area contributed by atoms with Gasteiger partial charge in [-0.15, -0.1) is 0 Å². The first-order valence-electron chi connectivity index (χ1n) is 11.1. The van der Waals surface area contributed by atoms with Crippen LogP contribution < -0.4 is 9.47 Å². The van der Waals surface area contributed by atoms with Crippen LogP contribution in [-0.4, -0.2) is 68.0 Å². The van der Waals surface area contributed by atoms with Crippen molar-refractivity contribution in [1.29, 1.82) is 0 Å². The maximum absolute atomic E-state index is 13.8. The summed E-state index contributed by atoms with van der Waals surface area (Å²) in [6, 6.07) is 11.1. The van der Waals surface area contributed by atoms with Crippen LogP contribution in [0.5, 0.6) is 11.5 Å². The topological polar surface area (TPSA) is 92.4 Å². The summed E-state index contributed by atoms with van der Waals surface area (Å²) in [5, 5.41) is 11.9. The smallest absolute Gasteiger partial charge is 0.290 e. The Bertz CT molecular complexity index is 1310. The lowest BCUT2D eigenvalue weighted by molar-refractivity contribution is -0.129. The van der Waals surface area contributed by atoms with Crippen molar-refractivity contribution in [3.63, 3.8) is 0 Å². The number of para-hydroxylation sites is 1. The molecule has 4 rings (SSSR count). The molecule has 1 amide bonds. The van der Waals surface area contributed by atoms with E-state index >= 15 is 0 Å². The van der Waals surface area contributed by atoms with E-state index in [1.54, 1.807) is 36.4 Å². The van der Waals surface area contributed by atoms with E-state index in [-0.39, 0.29) is 11.3 Å². The first-order valence-corrected chi connectivity index (χ1v) is 11.5. The summed E-state index contributed by atoms with van der Waals surface area (Å²) in [7, 11) is 6.88. The number of rotatable bonds is 9. The van der Waals surface area contributed by atoms with Crippen molar-refractivity contribution >= 4 is 34.3 Å². The number of ether oxygens (including phenoxy) is 2. The predicted octanol–water partition coefficient (Wildman–Crippen LogP) is 4.63. The Labute approximate surface area is 208 Å². The SMILES string of the molecule is COc1ccccc1C1C(C(=O)c2cc3cc(Cl)cc(OC)c3o2)=C(O)C(=O)N1CCCN(C)C. The van der Waals surface area contributed by atoms with Crippen molar-refractivity contribution < 1.29 is 28.6 Å². The van der Waals surface area contributed by atoms with Crippen LogP contribution in [0.4, 0.5) is 0 Å². The first kappa shape index (κ1) is 24.6. The molecule has 1 N–H and O–H groups in total. The summed E-state index contributed by atoms with van der Waals surface area (Å²) >= 11 is 6.16. The molecule has 184 valence electrons. The summed E-state index contributed by atoms with van der Waals surface area (Å²) in [4.78, 5) is 30.4. The molecule has 1 aliphatic heterocycles. The number of ketones is 1. The van der Waals surface area contributed by atoms with E-state index in [2.05, 4.69) is 0 Å². The highest BCUT2D eigenvalue weighted by Crippen LogP contribution is 2.43. The Hall–Kier alpha value is -3.49. The minimum atomic E-state index is -0.841. The fourth-order valence-electron chi connectivity index (χ4n) is 4.37. The molecule has 2 aromatic carbocycles. The van der Waals surface area contributed by atoms with Crippen molar-refractivity contribution in [2.45, 2.75) is 12.5 Å². The van der Waals surface area contributed by atoms with Crippen LogP contribution in [0.2, 0.25) is 5.02 Å². The molecule has 0 bridgehead atoms. The van der Waals surface area contributed by atoms with Crippen LogP contribution in [-0.2, 0) is 4.79 Å². The van der Waals surface area contributed by atoms with Gasteiger partial charge in [-0.2, -0.15) is 0 Å². The second-order valence-electron chi connectivity index (χ2n) is 8.53. The van der Waals surface area contributed by atoms with Gasteiger partial charge in [0.25, 0.3) is 5.91 Å². The van der Waals surface area contributed by atoms with Crippen LogP contribution in [0.3, 0.4) is 0 Å². The minimum absolute atomic E-state index is 0.0371. The summed E-state index contributed by atoms with van der Waals surface area (Å²) < 4.78 is 16.7. The zero-order chi connectivity index (χ0) is 25.3. The molecule has 0 saturated heterocycles. The molecular formula is C26H27ClN2O6. The van der Waals surface area contributed by atoms with Gasteiger partial charge in [-0.05, 0) is 45.3 Å². The molecule has 0 aliphatic carbocycles. The first-order chi connectivity index (χ1) is 16.8. The van der Waals surface area contributed by atoms with Crippen molar-refractivity contribution in [1.82, 2.24) is 9.80 Å². The number of carbonyl (C=O) groups is 2. The third-order valence-corrected chi connectivity index (χ3v) is 6.20. The molecule has 8 nitrogen and oxygen atoms in total. The normalized spacial score (nSPS) is 16.0. The van der Waals surface area contributed by atoms with Crippen LogP contribution >= 0.6 is 11.6 Å². The third kappa shape index (κ3) is 4.59. The van der Waals surface area contributed by atoms with Gasteiger partial charge in [-0.1, -0.05) is 29.8 Å². The predicted molar refractivity (Wildman–Crippen MR) is 132 cm³/mol. The Morgan fingerprint density at radius 2 is 1.86 bits per heavy atom. The number of methoxy groups -OCH3 is 2. The second-order valence-corrected chi connectivity index (χ2v) is 8.96. The summed E-state index contributed by atoms with van der Waals surface area (Å²) in [6.45, 7) is 1.07. The summed E-state index contributed by atoms with van der Waals surface area (Å²) in [6.07, 6.45) is 0.652. The molecule has 0 spiro atoms. The van der Waals surface area contributed by atoms with Gasteiger partial charge in [0.2, 0.25) is 5.78 Å². The fourth-order valence-corrected chi connectivity index (χ4v) is 4.59. The number of benzene rings is 2.